The van der Waals surface area contributed by atoms with Crippen molar-refractivity contribution in [2.45, 2.75) is 10.6 Å². The predicted octanol–water partition coefficient (Wildman–Crippen LogP) is -1.02. The highest BCUT2D eigenvalue weighted by atomic mass is 35.5. The summed E-state index contributed by atoms with van der Waals surface area (Å²) in [6, 6.07) is 4.84. The second-order valence-electron chi connectivity index (χ2n) is 4.50. The zero-order valence-corrected chi connectivity index (χ0v) is 12.3. The number of hydrogen-bond donors (Lipinski definition) is 4. The van der Waals surface area contributed by atoms with Crippen molar-refractivity contribution in [1.82, 2.24) is 14.1 Å². The molecular weight excluding hydrogens is 322 g/mol. The molecule has 2 aromatic rings. The zero-order valence-electron chi connectivity index (χ0n) is 10.8. The van der Waals surface area contributed by atoms with Crippen molar-refractivity contribution in [3.8, 4) is 0 Å². The molecule has 0 saturated heterocycles. The number of nitrogens with one attached hydrogen (secondary N) is 1. The van der Waals surface area contributed by atoms with Crippen LogP contribution >= 0.6 is 11.6 Å². The Balaban J connectivity index is 2.55. The molecule has 0 aliphatic rings. The van der Waals surface area contributed by atoms with Gasteiger partial charge >= 0.3 is 0 Å². The summed E-state index contributed by atoms with van der Waals surface area (Å²) < 4.78 is 28.2. The molecule has 0 atom stereocenters. The van der Waals surface area contributed by atoms with Gasteiger partial charge in [-0.05, 0) is 12.1 Å². The molecular formula is C11H14ClN3O5S. The number of fused-ring (bicyclic) bond motifs is 1. The Bertz CT molecular complexity index is 733. The van der Waals surface area contributed by atoms with Crippen molar-refractivity contribution in [1.29, 1.82) is 0 Å². The highest BCUT2D eigenvalue weighted by Gasteiger charge is 2.36. The van der Waals surface area contributed by atoms with Crippen LogP contribution in [0.15, 0.2) is 29.4 Å². The number of hydrogen-bond acceptors (Lipinski definition) is 6. The van der Waals surface area contributed by atoms with Crippen molar-refractivity contribution in [3.05, 3.63) is 29.5 Å². The number of aliphatic hydroxyl groups excluding tert-OH is 3. The Morgan fingerprint density at radius 1 is 1.24 bits per heavy atom. The lowest BCUT2D eigenvalue weighted by Gasteiger charge is -2.28. The van der Waals surface area contributed by atoms with Gasteiger partial charge < -0.3 is 15.3 Å². The maximum atomic E-state index is 12.4. The molecule has 116 valence electrons. The molecule has 0 aliphatic carbocycles. The molecule has 0 bridgehead atoms. The Morgan fingerprint density at radius 2 is 1.86 bits per heavy atom. The largest absolute Gasteiger partial charge is 0.394 e. The van der Waals surface area contributed by atoms with E-state index in [-0.39, 0.29) is 10.2 Å². The van der Waals surface area contributed by atoms with Crippen LogP contribution in [0.3, 0.4) is 0 Å². The van der Waals surface area contributed by atoms with Crippen molar-refractivity contribution < 1.29 is 23.7 Å². The third-order valence-electron chi connectivity index (χ3n) is 2.96. The van der Waals surface area contributed by atoms with E-state index in [1.54, 1.807) is 18.2 Å². The normalized spacial score (nSPS) is 13.0. The third-order valence-corrected chi connectivity index (χ3v) is 4.94. The van der Waals surface area contributed by atoms with Gasteiger partial charge in [-0.15, -0.1) is 0 Å². The second kappa shape index (κ2) is 5.87. The predicted molar refractivity (Wildman–Crippen MR) is 74.5 cm³/mol. The first kappa shape index (κ1) is 16.1. The summed E-state index contributed by atoms with van der Waals surface area (Å²) in [6.45, 7) is -2.35. The van der Waals surface area contributed by atoms with Gasteiger partial charge in [0, 0.05) is 6.20 Å². The van der Waals surface area contributed by atoms with E-state index >= 15 is 0 Å². The minimum atomic E-state index is -4.23. The van der Waals surface area contributed by atoms with Gasteiger partial charge in [-0.3, -0.25) is 4.40 Å². The maximum absolute atomic E-state index is 12.4. The summed E-state index contributed by atoms with van der Waals surface area (Å²) in [6.07, 6.45) is 1.46. The fourth-order valence-electron chi connectivity index (χ4n) is 1.77. The summed E-state index contributed by atoms with van der Waals surface area (Å²) in [5.41, 5.74) is -1.47. The lowest BCUT2D eigenvalue weighted by atomic mass is 10.1. The van der Waals surface area contributed by atoms with Gasteiger partial charge in [-0.2, -0.15) is 4.72 Å². The summed E-state index contributed by atoms with van der Waals surface area (Å²) >= 11 is 5.87. The van der Waals surface area contributed by atoms with Crippen LogP contribution in [0.4, 0.5) is 0 Å². The van der Waals surface area contributed by atoms with E-state index in [1.807, 2.05) is 0 Å². The van der Waals surface area contributed by atoms with E-state index in [0.29, 0.717) is 5.65 Å². The monoisotopic (exact) mass is 335 g/mol. The lowest BCUT2D eigenvalue weighted by Crippen LogP contribution is -2.57. The van der Waals surface area contributed by atoms with Crippen molar-refractivity contribution >= 4 is 27.3 Å². The van der Waals surface area contributed by atoms with Gasteiger partial charge in [0.05, 0.1) is 19.8 Å². The van der Waals surface area contributed by atoms with E-state index in [2.05, 4.69) is 9.71 Å². The smallest absolute Gasteiger partial charge is 0.260 e. The van der Waals surface area contributed by atoms with E-state index in [4.69, 9.17) is 11.6 Å². The SMILES string of the molecule is O=S(=O)(NC(CO)(CO)CO)c1c(Cl)nc2ccccn12. The molecule has 0 unspecified atom stereocenters. The van der Waals surface area contributed by atoms with Gasteiger partial charge in [0.1, 0.15) is 11.2 Å². The van der Waals surface area contributed by atoms with Gasteiger partial charge in [0.2, 0.25) is 0 Å². The van der Waals surface area contributed by atoms with E-state index in [0.717, 1.165) is 0 Å². The number of nitrogens with zero attached hydrogens (tertiary/aromatic N) is 2. The molecule has 0 aromatic carbocycles. The van der Waals surface area contributed by atoms with Crippen molar-refractivity contribution in [2.75, 3.05) is 19.8 Å². The molecule has 0 spiro atoms. The van der Waals surface area contributed by atoms with Gasteiger partial charge in [-0.25, -0.2) is 13.4 Å². The van der Waals surface area contributed by atoms with Crippen LogP contribution in [-0.2, 0) is 10.0 Å². The van der Waals surface area contributed by atoms with Gasteiger partial charge in [0.25, 0.3) is 10.0 Å². The number of aromatic nitrogens is 2. The van der Waals surface area contributed by atoms with Crippen LogP contribution in [0.25, 0.3) is 5.65 Å². The first-order valence-corrected chi connectivity index (χ1v) is 7.74. The molecule has 2 aromatic heterocycles. The average Bonchev–Trinajstić information content (AvgIpc) is 2.81. The molecule has 8 nitrogen and oxygen atoms in total. The molecule has 0 saturated carbocycles. The van der Waals surface area contributed by atoms with Gasteiger partial charge in [-0.1, -0.05) is 17.7 Å². The quantitative estimate of drug-likeness (QED) is 0.536. The van der Waals surface area contributed by atoms with Crippen LogP contribution in [0.5, 0.6) is 0 Å². The number of aliphatic hydroxyl groups is 3. The number of rotatable bonds is 6. The Hall–Kier alpha value is -1.23. The maximum Gasteiger partial charge on any atom is 0.260 e. The Labute approximate surface area is 125 Å². The number of pyridine rings is 1. The highest BCUT2D eigenvalue weighted by Crippen LogP contribution is 2.23. The van der Waals surface area contributed by atoms with Crippen LogP contribution in [0, 0.1) is 0 Å². The molecule has 10 heteroatoms. The molecule has 4 N–H and O–H groups in total. The van der Waals surface area contributed by atoms with Crippen LogP contribution in [0.2, 0.25) is 5.15 Å². The van der Waals surface area contributed by atoms with E-state index in [9.17, 15) is 23.7 Å². The fraction of sp³-hybridized carbons (Fsp3) is 0.364. The van der Waals surface area contributed by atoms with E-state index in [1.165, 1.54) is 10.6 Å². The standard InChI is InChI=1S/C11H14ClN3O5S/c12-9-10(15-4-2-1-3-8(15)13-9)21(19,20)14-11(5-16,6-17)7-18/h1-4,14,16-18H,5-7H2. The lowest BCUT2D eigenvalue weighted by molar-refractivity contribution is 0.0581. The molecule has 0 fully saturated rings. The molecule has 2 heterocycles. The molecule has 2 rings (SSSR count). The number of imidazole rings is 1. The van der Waals surface area contributed by atoms with Crippen LogP contribution in [-0.4, -0.2) is 58.5 Å². The molecule has 0 aliphatic heterocycles. The Morgan fingerprint density at radius 3 is 2.43 bits per heavy atom. The molecule has 0 radical (unpaired) electrons. The first-order valence-electron chi connectivity index (χ1n) is 5.88. The minimum absolute atomic E-state index is 0.253. The summed E-state index contributed by atoms with van der Waals surface area (Å²) in [4.78, 5) is 3.91. The topological polar surface area (TPSA) is 124 Å². The van der Waals surface area contributed by atoms with E-state index < -0.39 is 35.4 Å². The number of sulfonamides is 1. The first-order chi connectivity index (χ1) is 9.89. The molecule has 0 amide bonds. The van der Waals surface area contributed by atoms with Crippen LogP contribution < -0.4 is 4.72 Å². The summed E-state index contributed by atoms with van der Waals surface area (Å²) in [5.74, 6) is 0. The third kappa shape index (κ3) is 2.89. The number of halogens is 1. The zero-order chi connectivity index (χ0) is 15.7. The minimum Gasteiger partial charge on any atom is -0.394 e. The fourth-order valence-corrected chi connectivity index (χ4v) is 3.79. The van der Waals surface area contributed by atoms with Crippen molar-refractivity contribution in [3.63, 3.8) is 0 Å². The van der Waals surface area contributed by atoms with Crippen LogP contribution in [0.1, 0.15) is 0 Å². The second-order valence-corrected chi connectivity index (χ2v) is 6.45. The Kier molecular flexibility index (Phi) is 4.51. The highest BCUT2D eigenvalue weighted by molar-refractivity contribution is 7.89. The summed E-state index contributed by atoms with van der Waals surface area (Å²) in [5, 5.41) is 27.1. The average molecular weight is 336 g/mol. The molecule has 21 heavy (non-hydrogen) atoms. The van der Waals surface area contributed by atoms with Gasteiger partial charge in [0.15, 0.2) is 10.2 Å². The summed E-state index contributed by atoms with van der Waals surface area (Å²) in [7, 11) is -4.23. The van der Waals surface area contributed by atoms with Crippen molar-refractivity contribution in [2.24, 2.45) is 0 Å².